The van der Waals surface area contributed by atoms with Gasteiger partial charge in [-0.3, -0.25) is 9.78 Å². The van der Waals surface area contributed by atoms with Crippen molar-refractivity contribution < 1.29 is 9.53 Å². The molecule has 0 unspecified atom stereocenters. The topological polar surface area (TPSA) is 39.2 Å². The number of carbonyl (C=O) groups excluding carboxylic acids is 1. The van der Waals surface area contributed by atoms with Crippen LogP contribution in [0.3, 0.4) is 0 Å². The van der Waals surface area contributed by atoms with Crippen molar-refractivity contribution in [3.8, 4) is 0 Å². The molecule has 0 atom stereocenters. The molecule has 0 amide bonds. The molecule has 0 saturated heterocycles. The van der Waals surface area contributed by atoms with Crippen molar-refractivity contribution >= 4 is 5.97 Å². The van der Waals surface area contributed by atoms with Gasteiger partial charge in [-0.05, 0) is 50.7 Å². The molecule has 0 fully saturated rings. The van der Waals surface area contributed by atoms with Gasteiger partial charge in [0.25, 0.3) is 0 Å². The van der Waals surface area contributed by atoms with Crippen molar-refractivity contribution in [2.24, 2.45) is 0 Å². The highest BCUT2D eigenvalue weighted by molar-refractivity contribution is 5.69. The number of pyridine rings is 1. The summed E-state index contributed by atoms with van der Waals surface area (Å²) in [5.74, 6) is -0.116. The molecule has 0 radical (unpaired) electrons. The smallest absolute Gasteiger partial charge is 0.306 e. The third kappa shape index (κ3) is 16.5. The van der Waals surface area contributed by atoms with Gasteiger partial charge < -0.3 is 4.74 Å². The van der Waals surface area contributed by atoms with Gasteiger partial charge in [-0.15, -0.1) is 0 Å². The van der Waals surface area contributed by atoms with Crippen LogP contribution in [0.4, 0.5) is 0 Å². The van der Waals surface area contributed by atoms with E-state index in [0.717, 1.165) is 37.8 Å². The molecule has 0 bridgehead atoms. The van der Waals surface area contributed by atoms with Crippen molar-refractivity contribution in [3.63, 3.8) is 0 Å². The van der Waals surface area contributed by atoms with Crippen LogP contribution in [0.5, 0.6) is 0 Å². The Morgan fingerprint density at radius 1 is 0.862 bits per heavy atom. The van der Waals surface area contributed by atoms with E-state index in [1.807, 2.05) is 18.2 Å². The highest BCUT2D eigenvalue weighted by atomic mass is 16.5. The summed E-state index contributed by atoms with van der Waals surface area (Å²) in [6.07, 6.45) is 28.5. The van der Waals surface area contributed by atoms with Crippen LogP contribution < -0.4 is 0 Å². The van der Waals surface area contributed by atoms with Crippen LogP contribution >= 0.6 is 0 Å². The molecule has 160 valence electrons. The van der Waals surface area contributed by atoms with E-state index in [-0.39, 0.29) is 12.6 Å². The molecule has 1 aromatic rings. The van der Waals surface area contributed by atoms with Gasteiger partial charge >= 0.3 is 5.97 Å². The van der Waals surface area contributed by atoms with Gasteiger partial charge in [0, 0.05) is 12.6 Å². The van der Waals surface area contributed by atoms with Gasteiger partial charge in [0.1, 0.15) is 6.61 Å². The normalized spacial score (nSPS) is 11.8. The van der Waals surface area contributed by atoms with Crippen molar-refractivity contribution in [3.05, 3.63) is 66.5 Å². The largest absolute Gasteiger partial charge is 0.459 e. The molecule has 1 aromatic heterocycles. The first-order valence-corrected chi connectivity index (χ1v) is 11.3. The van der Waals surface area contributed by atoms with E-state index in [2.05, 4.69) is 48.4 Å². The number of hydrogen-bond acceptors (Lipinski definition) is 3. The minimum Gasteiger partial charge on any atom is -0.459 e. The van der Waals surface area contributed by atoms with Crippen LogP contribution in [0, 0.1) is 0 Å². The van der Waals surface area contributed by atoms with Gasteiger partial charge in [-0.25, -0.2) is 0 Å². The van der Waals surface area contributed by atoms with Crippen molar-refractivity contribution in [2.75, 3.05) is 0 Å². The number of unbranched alkanes of at least 4 members (excludes halogenated alkanes) is 7. The molecule has 0 aromatic carbocycles. The summed E-state index contributed by atoms with van der Waals surface area (Å²) in [5, 5.41) is 0. The standard InChI is InChI=1S/C26H39NO2/c1-2-3-4-5-6-7-8-9-10-11-12-13-14-15-16-17-18-22-26(28)29-24-25-21-19-20-23-27-25/h3-4,6-7,9-10,19-21,23H,2,5,8,11-18,22,24H2,1H3/b4-3+,7-6+,10-9+. The molecule has 3 heteroatoms. The fourth-order valence-electron chi connectivity index (χ4n) is 2.95. The van der Waals surface area contributed by atoms with Crippen LogP contribution in [0.1, 0.15) is 89.7 Å². The van der Waals surface area contributed by atoms with E-state index in [1.165, 1.54) is 38.5 Å². The van der Waals surface area contributed by atoms with Crippen molar-refractivity contribution in [1.82, 2.24) is 4.98 Å². The Hall–Kier alpha value is -2.16. The first kappa shape index (κ1) is 24.9. The van der Waals surface area contributed by atoms with Crippen LogP contribution in [-0.4, -0.2) is 11.0 Å². The molecular weight excluding hydrogens is 358 g/mol. The molecular formula is C26H39NO2. The maximum atomic E-state index is 11.7. The van der Waals surface area contributed by atoms with E-state index in [0.29, 0.717) is 6.42 Å². The van der Waals surface area contributed by atoms with E-state index >= 15 is 0 Å². The third-order valence-electron chi connectivity index (χ3n) is 4.64. The average molecular weight is 398 g/mol. The fraction of sp³-hybridized carbons (Fsp3) is 0.538. The summed E-state index contributed by atoms with van der Waals surface area (Å²) >= 11 is 0. The van der Waals surface area contributed by atoms with Gasteiger partial charge in [-0.2, -0.15) is 0 Å². The molecule has 0 aliphatic rings. The zero-order valence-corrected chi connectivity index (χ0v) is 18.2. The Morgan fingerprint density at radius 3 is 2.21 bits per heavy atom. The molecule has 3 nitrogen and oxygen atoms in total. The first-order valence-electron chi connectivity index (χ1n) is 11.3. The molecule has 0 N–H and O–H groups in total. The number of nitrogens with zero attached hydrogens (tertiary/aromatic N) is 1. The second kappa shape index (κ2) is 19.2. The number of allylic oxidation sites excluding steroid dienone is 6. The zero-order chi connectivity index (χ0) is 20.8. The van der Waals surface area contributed by atoms with Gasteiger partial charge in [0.15, 0.2) is 0 Å². The van der Waals surface area contributed by atoms with E-state index in [1.54, 1.807) is 6.20 Å². The second-order valence-corrected chi connectivity index (χ2v) is 7.29. The summed E-state index contributed by atoms with van der Waals surface area (Å²) in [5.41, 5.74) is 0.798. The molecule has 0 saturated carbocycles. The van der Waals surface area contributed by atoms with Gasteiger partial charge in [-0.1, -0.05) is 81.6 Å². The summed E-state index contributed by atoms with van der Waals surface area (Å²) in [4.78, 5) is 15.9. The molecule has 29 heavy (non-hydrogen) atoms. The number of rotatable bonds is 17. The van der Waals surface area contributed by atoms with E-state index < -0.39 is 0 Å². The summed E-state index contributed by atoms with van der Waals surface area (Å²) in [6.45, 7) is 2.44. The quantitative estimate of drug-likeness (QED) is 0.155. The lowest BCUT2D eigenvalue weighted by Crippen LogP contribution is -2.05. The number of esters is 1. The number of aromatic nitrogens is 1. The van der Waals surface area contributed by atoms with Crippen LogP contribution in [-0.2, 0) is 16.1 Å². The van der Waals surface area contributed by atoms with Gasteiger partial charge in [0.2, 0.25) is 0 Å². The Bertz CT molecular complexity index is 590. The fourth-order valence-corrected chi connectivity index (χ4v) is 2.95. The summed E-state index contributed by atoms with van der Waals surface area (Å²) in [6, 6.07) is 5.63. The second-order valence-electron chi connectivity index (χ2n) is 7.29. The maximum Gasteiger partial charge on any atom is 0.306 e. The van der Waals surface area contributed by atoms with Crippen molar-refractivity contribution in [1.29, 1.82) is 0 Å². The lowest BCUT2D eigenvalue weighted by atomic mass is 10.1. The monoisotopic (exact) mass is 397 g/mol. The minimum atomic E-state index is -0.116. The van der Waals surface area contributed by atoms with Crippen molar-refractivity contribution in [2.45, 2.75) is 90.6 Å². The summed E-state index contributed by atoms with van der Waals surface area (Å²) < 4.78 is 5.24. The number of hydrogen-bond donors (Lipinski definition) is 0. The molecule has 0 aliphatic heterocycles. The number of ether oxygens (including phenoxy) is 1. The predicted molar refractivity (Wildman–Crippen MR) is 123 cm³/mol. The summed E-state index contributed by atoms with van der Waals surface area (Å²) in [7, 11) is 0. The van der Waals surface area contributed by atoms with Gasteiger partial charge in [0.05, 0.1) is 5.69 Å². The Kier molecular flexibility index (Phi) is 16.4. The van der Waals surface area contributed by atoms with Crippen LogP contribution in [0.2, 0.25) is 0 Å². The Morgan fingerprint density at radius 2 is 1.52 bits per heavy atom. The molecule has 1 rings (SSSR count). The lowest BCUT2D eigenvalue weighted by Gasteiger charge is -2.04. The highest BCUT2D eigenvalue weighted by Gasteiger charge is 2.03. The highest BCUT2D eigenvalue weighted by Crippen LogP contribution is 2.11. The predicted octanol–water partition coefficient (Wildman–Crippen LogP) is 7.49. The number of carbonyl (C=O) groups is 1. The molecule has 0 spiro atoms. The molecule has 1 heterocycles. The molecule has 0 aliphatic carbocycles. The lowest BCUT2D eigenvalue weighted by molar-refractivity contribution is -0.145. The third-order valence-corrected chi connectivity index (χ3v) is 4.64. The first-order chi connectivity index (χ1) is 14.3. The Balaban J connectivity index is 1.83. The van der Waals surface area contributed by atoms with E-state index in [9.17, 15) is 4.79 Å². The zero-order valence-electron chi connectivity index (χ0n) is 18.2. The maximum absolute atomic E-state index is 11.7. The van der Waals surface area contributed by atoms with E-state index in [4.69, 9.17) is 4.74 Å². The average Bonchev–Trinajstić information content (AvgIpc) is 2.75. The van der Waals surface area contributed by atoms with Crippen LogP contribution in [0.15, 0.2) is 60.9 Å². The minimum absolute atomic E-state index is 0.116. The Labute approximate surface area is 178 Å². The van der Waals surface area contributed by atoms with Crippen LogP contribution in [0.25, 0.3) is 0 Å². The SMILES string of the molecule is CC/C=C/C/C=C/C/C=C/CCCCCCCCCC(=O)OCc1ccccn1.